The first-order chi connectivity index (χ1) is 21.7. The predicted molar refractivity (Wildman–Crippen MR) is 178 cm³/mol. The second kappa shape index (κ2) is 13.5. The van der Waals surface area contributed by atoms with E-state index in [0.717, 1.165) is 55.6 Å². The van der Waals surface area contributed by atoms with Crippen LogP contribution in [0, 0.1) is 0 Å². The van der Waals surface area contributed by atoms with E-state index >= 15 is 0 Å². The van der Waals surface area contributed by atoms with E-state index in [4.69, 9.17) is 10.5 Å². The van der Waals surface area contributed by atoms with Crippen molar-refractivity contribution in [2.24, 2.45) is 7.05 Å². The number of carbonyl (C=O) groups is 1. The highest BCUT2D eigenvalue weighted by Gasteiger charge is 2.30. The highest BCUT2D eigenvalue weighted by atomic mass is 16.5. The molecule has 236 valence electrons. The molecule has 1 aliphatic carbocycles. The Morgan fingerprint density at radius 1 is 0.911 bits per heavy atom. The van der Waals surface area contributed by atoms with Crippen LogP contribution in [0.15, 0.2) is 73.2 Å². The van der Waals surface area contributed by atoms with E-state index in [2.05, 4.69) is 94.6 Å². The number of nitrogens with zero attached hydrogens (tertiary/aromatic N) is 5. The number of nitrogens with two attached hydrogens (primary N) is 1. The number of aryl methyl sites for hydroxylation is 1. The molecule has 2 fully saturated rings. The molecule has 1 aliphatic heterocycles. The molecule has 4 aromatic rings. The van der Waals surface area contributed by atoms with Crippen molar-refractivity contribution in [3.05, 3.63) is 89.9 Å². The molecule has 1 saturated heterocycles. The summed E-state index contributed by atoms with van der Waals surface area (Å²) in [4.78, 5) is 22.5. The second-order valence-corrected chi connectivity index (χ2v) is 12.9. The Hall–Kier alpha value is -4.05. The van der Waals surface area contributed by atoms with E-state index in [1.165, 1.54) is 16.7 Å². The Balaban J connectivity index is 1.02. The summed E-state index contributed by atoms with van der Waals surface area (Å²) in [7, 11) is 4.07. The second-order valence-electron chi connectivity index (χ2n) is 12.9. The Kier molecular flexibility index (Phi) is 9.30. The SMILES string of the molecule is CC1CN(Cc2ccc(-c3ccc(CO[C@H]4CCC[C@@H]4NC(=O)c4cc(-c5cnn(C)c5)cnc4N)cc3)cc2)C(C)CN1C. The zero-order chi connectivity index (χ0) is 31.5. The zero-order valence-corrected chi connectivity index (χ0v) is 26.8. The van der Waals surface area contributed by atoms with Crippen LogP contribution in [0.4, 0.5) is 5.82 Å². The van der Waals surface area contributed by atoms with Crippen LogP contribution in [0.3, 0.4) is 0 Å². The van der Waals surface area contributed by atoms with Crippen molar-refractivity contribution in [2.45, 2.75) is 70.5 Å². The largest absolute Gasteiger partial charge is 0.383 e. The van der Waals surface area contributed by atoms with Crippen molar-refractivity contribution in [1.29, 1.82) is 0 Å². The first-order valence-electron chi connectivity index (χ1n) is 16.0. The molecule has 3 N–H and O–H groups in total. The van der Waals surface area contributed by atoms with Crippen molar-refractivity contribution in [3.8, 4) is 22.3 Å². The van der Waals surface area contributed by atoms with Crippen LogP contribution in [0.1, 0.15) is 54.6 Å². The molecule has 0 spiro atoms. The summed E-state index contributed by atoms with van der Waals surface area (Å²) < 4.78 is 8.06. The van der Waals surface area contributed by atoms with Gasteiger partial charge >= 0.3 is 0 Å². The molecule has 0 bridgehead atoms. The van der Waals surface area contributed by atoms with Crippen molar-refractivity contribution in [2.75, 3.05) is 25.9 Å². The zero-order valence-electron chi connectivity index (χ0n) is 26.8. The molecule has 1 amide bonds. The van der Waals surface area contributed by atoms with Crippen LogP contribution in [0.5, 0.6) is 0 Å². The maximum Gasteiger partial charge on any atom is 0.255 e. The summed E-state index contributed by atoms with van der Waals surface area (Å²) in [6.45, 7) is 8.33. The van der Waals surface area contributed by atoms with Gasteiger partial charge < -0.3 is 20.7 Å². The smallest absolute Gasteiger partial charge is 0.255 e. The standard InChI is InChI=1S/C36H45N7O2/c1-24-20-43(25(2)19-41(24)3)21-26-8-12-28(13-9-26)29-14-10-27(11-15-29)23-45-34-7-5-6-33(34)40-36(44)32-16-30(17-38-35(32)37)31-18-39-42(4)22-31/h8-18,22,24-25,33-34H,5-7,19-21,23H2,1-4H3,(H2,37,38)(H,40,44)/t24?,25?,33-,34-/m0/s1. The minimum Gasteiger partial charge on any atom is -0.383 e. The minimum absolute atomic E-state index is 0.0529. The number of carbonyl (C=O) groups excluding carboxylic acids is 1. The summed E-state index contributed by atoms with van der Waals surface area (Å²) in [6, 6.07) is 20.4. The number of amides is 1. The summed E-state index contributed by atoms with van der Waals surface area (Å²) >= 11 is 0. The fraction of sp³-hybridized carbons (Fsp3) is 0.417. The number of anilines is 1. The summed E-state index contributed by atoms with van der Waals surface area (Å²) in [5.74, 6) is -0.0150. The van der Waals surface area contributed by atoms with Crippen molar-refractivity contribution in [3.63, 3.8) is 0 Å². The van der Waals surface area contributed by atoms with Gasteiger partial charge in [-0.25, -0.2) is 4.98 Å². The Bertz CT molecular complexity index is 1600. The van der Waals surface area contributed by atoms with E-state index in [-0.39, 0.29) is 23.9 Å². The van der Waals surface area contributed by atoms with Crippen molar-refractivity contribution in [1.82, 2.24) is 29.9 Å². The molecular weight excluding hydrogens is 562 g/mol. The van der Waals surface area contributed by atoms with Gasteiger partial charge in [0.2, 0.25) is 0 Å². The number of pyridine rings is 1. The number of nitrogens with one attached hydrogen (secondary N) is 1. The predicted octanol–water partition coefficient (Wildman–Crippen LogP) is 5.12. The average molecular weight is 608 g/mol. The van der Waals surface area contributed by atoms with Gasteiger partial charge in [-0.3, -0.25) is 14.4 Å². The maximum absolute atomic E-state index is 13.3. The van der Waals surface area contributed by atoms with Crippen LogP contribution in [-0.4, -0.2) is 74.8 Å². The normalized spacial score (nSPS) is 22.5. The molecule has 0 radical (unpaired) electrons. The molecule has 4 atom stereocenters. The van der Waals surface area contributed by atoms with Crippen LogP contribution in [0.25, 0.3) is 22.3 Å². The third-order valence-electron chi connectivity index (χ3n) is 9.49. The van der Waals surface area contributed by atoms with Gasteiger partial charge in [-0.05, 0) is 68.5 Å². The highest BCUT2D eigenvalue weighted by molar-refractivity contribution is 5.99. The number of rotatable bonds is 9. The molecule has 6 rings (SSSR count). The molecule has 2 aliphatic rings. The number of likely N-dealkylation sites (N-methyl/N-ethyl adjacent to an activating group) is 1. The molecular formula is C36H45N7O2. The van der Waals surface area contributed by atoms with E-state index in [9.17, 15) is 4.79 Å². The van der Waals surface area contributed by atoms with Gasteiger partial charge in [-0.1, -0.05) is 48.5 Å². The lowest BCUT2D eigenvalue weighted by atomic mass is 10.0. The lowest BCUT2D eigenvalue weighted by Gasteiger charge is -2.42. The lowest BCUT2D eigenvalue weighted by molar-refractivity contribution is 0.0272. The fourth-order valence-electron chi connectivity index (χ4n) is 6.55. The number of hydrogen-bond acceptors (Lipinski definition) is 7. The monoisotopic (exact) mass is 607 g/mol. The van der Waals surface area contributed by atoms with Gasteiger partial charge in [0, 0.05) is 62.3 Å². The van der Waals surface area contributed by atoms with Gasteiger partial charge in [0.15, 0.2) is 0 Å². The molecule has 1 saturated carbocycles. The minimum atomic E-state index is -0.228. The van der Waals surface area contributed by atoms with Gasteiger partial charge in [0.1, 0.15) is 5.82 Å². The first-order valence-corrected chi connectivity index (χ1v) is 16.0. The Labute approximate surface area is 266 Å². The Morgan fingerprint density at radius 2 is 1.62 bits per heavy atom. The highest BCUT2D eigenvalue weighted by Crippen LogP contribution is 2.27. The lowest BCUT2D eigenvalue weighted by Crippen LogP contribution is -2.54. The number of ether oxygens (including phenoxy) is 1. The molecule has 45 heavy (non-hydrogen) atoms. The van der Waals surface area contributed by atoms with Gasteiger partial charge in [-0.15, -0.1) is 0 Å². The third kappa shape index (κ3) is 7.27. The molecule has 2 unspecified atom stereocenters. The third-order valence-corrected chi connectivity index (χ3v) is 9.49. The molecule has 9 nitrogen and oxygen atoms in total. The molecule has 3 heterocycles. The molecule has 2 aromatic carbocycles. The number of aromatic nitrogens is 3. The first kappa shape index (κ1) is 31.0. The topological polar surface area (TPSA) is 102 Å². The van der Waals surface area contributed by atoms with E-state index < -0.39 is 0 Å². The quantitative estimate of drug-likeness (QED) is 0.272. The van der Waals surface area contributed by atoms with Crippen LogP contribution >= 0.6 is 0 Å². The number of hydrogen-bond donors (Lipinski definition) is 2. The van der Waals surface area contributed by atoms with E-state index in [0.29, 0.717) is 24.3 Å². The van der Waals surface area contributed by atoms with Gasteiger partial charge in [-0.2, -0.15) is 5.10 Å². The van der Waals surface area contributed by atoms with Crippen LogP contribution < -0.4 is 11.1 Å². The fourth-order valence-corrected chi connectivity index (χ4v) is 6.55. The molecule has 2 aromatic heterocycles. The maximum atomic E-state index is 13.3. The van der Waals surface area contributed by atoms with Crippen LogP contribution in [-0.2, 0) is 24.9 Å². The van der Waals surface area contributed by atoms with E-state index in [1.807, 2.05) is 13.2 Å². The van der Waals surface area contributed by atoms with Crippen LogP contribution in [0.2, 0.25) is 0 Å². The summed E-state index contributed by atoms with van der Waals surface area (Å²) in [5, 5.41) is 7.38. The summed E-state index contributed by atoms with van der Waals surface area (Å²) in [5.41, 5.74) is 13.0. The van der Waals surface area contributed by atoms with Gasteiger partial charge in [0.25, 0.3) is 5.91 Å². The number of benzene rings is 2. The number of piperazine rings is 1. The van der Waals surface area contributed by atoms with Gasteiger partial charge in [0.05, 0.1) is 30.5 Å². The van der Waals surface area contributed by atoms with Crippen molar-refractivity contribution >= 4 is 11.7 Å². The Morgan fingerprint density at radius 3 is 2.31 bits per heavy atom. The van der Waals surface area contributed by atoms with E-state index in [1.54, 1.807) is 23.1 Å². The molecule has 9 heteroatoms. The summed E-state index contributed by atoms with van der Waals surface area (Å²) in [6.07, 6.45) is 8.02. The number of nitrogen functional groups attached to an aromatic ring is 1. The van der Waals surface area contributed by atoms with Crippen molar-refractivity contribution < 1.29 is 9.53 Å². The average Bonchev–Trinajstić information content (AvgIpc) is 3.68.